The van der Waals surface area contributed by atoms with Gasteiger partial charge in [0.15, 0.2) is 14.9 Å². The molecule has 0 heterocycles. The molecule has 3 N–H and O–H groups in total. The first-order chi connectivity index (χ1) is 7.18. The molecule has 0 saturated heterocycles. The van der Waals surface area contributed by atoms with Gasteiger partial charge in [0, 0.05) is 18.3 Å². The Morgan fingerprint density at radius 1 is 1.12 bits per heavy atom. The summed E-state index contributed by atoms with van der Waals surface area (Å²) >= 11 is 0. The molecule has 96 valence electrons. The summed E-state index contributed by atoms with van der Waals surface area (Å²) in [6, 6.07) is -0.0396. The van der Waals surface area contributed by atoms with E-state index in [0.717, 1.165) is 19.1 Å². The maximum Gasteiger partial charge on any atom is 0.226 e. The van der Waals surface area contributed by atoms with Crippen LogP contribution in [0.5, 0.6) is 0 Å². The van der Waals surface area contributed by atoms with Crippen molar-refractivity contribution in [2.45, 2.75) is 37.8 Å². The van der Waals surface area contributed by atoms with Gasteiger partial charge in [-0.2, -0.15) is 0 Å². The average Bonchev–Trinajstić information content (AvgIpc) is 2.04. The molecule has 6 nitrogen and oxygen atoms in total. The largest absolute Gasteiger partial charge is 0.328 e. The van der Waals surface area contributed by atoms with Crippen molar-refractivity contribution in [1.82, 2.24) is 4.72 Å². The first kappa shape index (κ1) is 13.9. The average molecular weight is 270 g/mol. The van der Waals surface area contributed by atoms with Crippen molar-refractivity contribution in [3.63, 3.8) is 0 Å². The van der Waals surface area contributed by atoms with Crippen LogP contribution in [0.4, 0.5) is 0 Å². The quantitative estimate of drug-likeness (QED) is 0.694. The molecule has 0 atom stereocenters. The molecule has 1 aliphatic carbocycles. The molecule has 0 aromatic carbocycles. The van der Waals surface area contributed by atoms with Crippen LogP contribution in [0, 0.1) is 0 Å². The molecule has 1 fully saturated rings. The van der Waals surface area contributed by atoms with Crippen LogP contribution in [0.1, 0.15) is 25.7 Å². The molecule has 0 radical (unpaired) electrons. The highest BCUT2D eigenvalue weighted by Crippen LogP contribution is 2.17. The van der Waals surface area contributed by atoms with E-state index >= 15 is 0 Å². The Bertz CT molecular complexity index is 421. The van der Waals surface area contributed by atoms with Crippen molar-refractivity contribution in [3.05, 3.63) is 0 Å². The molecule has 1 rings (SSSR count). The van der Waals surface area contributed by atoms with E-state index in [0.29, 0.717) is 12.8 Å². The van der Waals surface area contributed by atoms with Crippen LogP contribution in [0.15, 0.2) is 0 Å². The first-order valence-corrected chi connectivity index (χ1v) is 8.82. The molecule has 1 aliphatic rings. The fourth-order valence-electron chi connectivity index (χ4n) is 1.81. The summed E-state index contributed by atoms with van der Waals surface area (Å²) in [6.45, 7) is 0. The maximum absolute atomic E-state index is 11.5. The van der Waals surface area contributed by atoms with Crippen LogP contribution < -0.4 is 10.5 Å². The highest BCUT2D eigenvalue weighted by molar-refractivity contribution is 8.06. The van der Waals surface area contributed by atoms with Crippen LogP contribution in [-0.4, -0.2) is 40.3 Å². The lowest BCUT2D eigenvalue weighted by Gasteiger charge is -2.26. The van der Waals surface area contributed by atoms with Gasteiger partial charge in [0.25, 0.3) is 0 Å². The summed E-state index contributed by atoms with van der Waals surface area (Å²) in [6.07, 6.45) is 3.79. The second-order valence-corrected chi connectivity index (χ2v) is 8.65. The van der Waals surface area contributed by atoms with E-state index in [9.17, 15) is 16.8 Å². The van der Waals surface area contributed by atoms with E-state index in [1.165, 1.54) is 0 Å². The zero-order chi connectivity index (χ0) is 12.4. The molecule has 0 bridgehead atoms. The highest BCUT2D eigenvalue weighted by atomic mass is 32.3. The van der Waals surface area contributed by atoms with Crippen molar-refractivity contribution in [1.29, 1.82) is 0 Å². The van der Waals surface area contributed by atoms with Gasteiger partial charge in [-0.1, -0.05) is 0 Å². The van der Waals surface area contributed by atoms with E-state index < -0.39 is 24.9 Å². The number of nitrogens with one attached hydrogen (secondary N) is 1. The Hall–Kier alpha value is -0.180. The standard InChI is InChI=1S/C8H18N2O4S2/c1-15(11,12)6-16(13,14)10-8-4-2-7(9)3-5-8/h7-8,10H,2-6,9H2,1H3. The van der Waals surface area contributed by atoms with Gasteiger partial charge in [-0.3, -0.25) is 0 Å². The van der Waals surface area contributed by atoms with Gasteiger partial charge in [0.1, 0.15) is 0 Å². The predicted molar refractivity (Wildman–Crippen MR) is 62.0 cm³/mol. The number of hydrogen-bond acceptors (Lipinski definition) is 5. The van der Waals surface area contributed by atoms with Crippen molar-refractivity contribution >= 4 is 19.9 Å². The van der Waals surface area contributed by atoms with Gasteiger partial charge >= 0.3 is 0 Å². The number of sulfone groups is 1. The Kier molecular flexibility index (Phi) is 4.33. The summed E-state index contributed by atoms with van der Waals surface area (Å²) in [7, 11) is -7.25. The molecule has 1 saturated carbocycles. The van der Waals surface area contributed by atoms with E-state index in [1.807, 2.05) is 0 Å². The van der Waals surface area contributed by atoms with E-state index in [1.54, 1.807) is 0 Å². The minimum atomic E-state index is -3.74. The van der Waals surface area contributed by atoms with E-state index in [4.69, 9.17) is 5.73 Å². The molecule has 8 heteroatoms. The number of rotatable bonds is 4. The second kappa shape index (κ2) is 4.99. The molecule has 0 aromatic rings. The van der Waals surface area contributed by atoms with Crippen LogP contribution in [0.2, 0.25) is 0 Å². The Morgan fingerprint density at radius 3 is 2.06 bits per heavy atom. The van der Waals surface area contributed by atoms with E-state index in [2.05, 4.69) is 4.72 Å². The summed E-state index contributed by atoms with van der Waals surface area (Å²) in [5.74, 6) is 0. The molecule has 0 unspecified atom stereocenters. The molecule has 0 aliphatic heterocycles. The van der Waals surface area contributed by atoms with Crippen molar-refractivity contribution in [2.24, 2.45) is 5.73 Å². The molecule has 0 amide bonds. The molecule has 0 spiro atoms. The van der Waals surface area contributed by atoms with Gasteiger partial charge in [-0.25, -0.2) is 21.6 Å². The molecular formula is C8H18N2O4S2. The van der Waals surface area contributed by atoms with Gasteiger partial charge in [-0.15, -0.1) is 0 Å². The lowest BCUT2D eigenvalue weighted by molar-refractivity contribution is 0.374. The van der Waals surface area contributed by atoms with Crippen LogP contribution >= 0.6 is 0 Å². The third-order valence-corrected chi connectivity index (χ3v) is 6.13. The summed E-state index contributed by atoms with van der Waals surface area (Å²) < 4.78 is 47.2. The zero-order valence-electron chi connectivity index (χ0n) is 9.22. The van der Waals surface area contributed by atoms with Crippen molar-refractivity contribution < 1.29 is 16.8 Å². The Morgan fingerprint density at radius 2 is 1.62 bits per heavy atom. The van der Waals surface area contributed by atoms with Gasteiger partial charge in [0.2, 0.25) is 10.0 Å². The van der Waals surface area contributed by atoms with Gasteiger partial charge < -0.3 is 5.73 Å². The fourth-order valence-corrected chi connectivity index (χ4v) is 5.08. The monoisotopic (exact) mass is 270 g/mol. The summed E-state index contributed by atoms with van der Waals surface area (Å²) in [5, 5.41) is -0.845. The maximum atomic E-state index is 11.5. The summed E-state index contributed by atoms with van der Waals surface area (Å²) in [4.78, 5) is 0. The minimum absolute atomic E-state index is 0.135. The van der Waals surface area contributed by atoms with Crippen LogP contribution in [0.25, 0.3) is 0 Å². The lowest BCUT2D eigenvalue weighted by Crippen LogP contribution is -2.42. The normalized spacial score (nSPS) is 27.9. The van der Waals surface area contributed by atoms with Crippen molar-refractivity contribution in [2.75, 3.05) is 11.3 Å². The molecule has 0 aromatic heterocycles. The third-order valence-electron chi connectivity index (χ3n) is 2.49. The summed E-state index contributed by atoms with van der Waals surface area (Å²) in [5.41, 5.74) is 5.69. The Labute approximate surface area is 96.6 Å². The minimum Gasteiger partial charge on any atom is -0.328 e. The van der Waals surface area contributed by atoms with Gasteiger partial charge in [0.05, 0.1) is 0 Å². The van der Waals surface area contributed by atoms with E-state index in [-0.39, 0.29) is 12.1 Å². The van der Waals surface area contributed by atoms with Crippen LogP contribution in [0.3, 0.4) is 0 Å². The number of hydrogen-bond donors (Lipinski definition) is 2. The fraction of sp³-hybridized carbons (Fsp3) is 1.00. The van der Waals surface area contributed by atoms with Gasteiger partial charge in [-0.05, 0) is 25.7 Å². The second-order valence-electron chi connectivity index (χ2n) is 4.39. The third kappa shape index (κ3) is 5.24. The number of nitrogens with two attached hydrogens (primary N) is 1. The molecule has 16 heavy (non-hydrogen) atoms. The number of sulfonamides is 1. The molecular weight excluding hydrogens is 252 g/mol. The zero-order valence-corrected chi connectivity index (χ0v) is 10.9. The Balaban J connectivity index is 2.54. The van der Waals surface area contributed by atoms with Crippen LogP contribution in [-0.2, 0) is 19.9 Å². The smallest absolute Gasteiger partial charge is 0.226 e. The SMILES string of the molecule is CS(=O)(=O)CS(=O)(=O)NC1CCC(N)CC1. The highest BCUT2D eigenvalue weighted by Gasteiger charge is 2.25. The lowest BCUT2D eigenvalue weighted by atomic mass is 9.93. The van der Waals surface area contributed by atoms with Crippen molar-refractivity contribution in [3.8, 4) is 0 Å². The topological polar surface area (TPSA) is 106 Å². The first-order valence-electron chi connectivity index (χ1n) is 5.11. The predicted octanol–water partition coefficient (Wildman–Crippen LogP) is -0.822.